The van der Waals surface area contributed by atoms with E-state index in [1.165, 1.54) is 11.1 Å². The number of ether oxygens (including phenoxy) is 2. The zero-order valence-electron chi connectivity index (χ0n) is 11.9. The van der Waals surface area contributed by atoms with Gasteiger partial charge in [0.05, 0.1) is 18.8 Å². The number of benzene rings is 1. The maximum atomic E-state index is 5.68. The SMILES string of the molecule is CCOc1ccc(CC(C)C2OC2CC)c(C)c1. The van der Waals surface area contributed by atoms with E-state index in [9.17, 15) is 0 Å². The van der Waals surface area contributed by atoms with Crippen LogP contribution in [0.3, 0.4) is 0 Å². The maximum Gasteiger partial charge on any atom is 0.119 e. The molecule has 0 aromatic heterocycles. The Morgan fingerprint density at radius 2 is 2.11 bits per heavy atom. The molecule has 1 fully saturated rings. The van der Waals surface area contributed by atoms with Crippen LogP contribution in [0.2, 0.25) is 0 Å². The first-order valence-electron chi connectivity index (χ1n) is 7.03. The maximum absolute atomic E-state index is 5.68. The Hall–Kier alpha value is -1.02. The molecule has 3 atom stereocenters. The molecule has 1 aromatic carbocycles. The molecule has 0 saturated carbocycles. The van der Waals surface area contributed by atoms with E-state index in [0.717, 1.165) is 25.2 Å². The van der Waals surface area contributed by atoms with Crippen LogP contribution in [0, 0.1) is 12.8 Å². The standard InChI is InChI=1S/C16H24O2/c1-5-15-16(18-15)12(4)9-13-7-8-14(17-6-2)10-11(13)3/h7-8,10,12,15-16H,5-6,9H2,1-4H3. The number of hydrogen-bond acceptors (Lipinski definition) is 2. The van der Waals surface area contributed by atoms with Gasteiger partial charge >= 0.3 is 0 Å². The predicted molar refractivity (Wildman–Crippen MR) is 74.2 cm³/mol. The second-order valence-electron chi connectivity index (χ2n) is 5.25. The van der Waals surface area contributed by atoms with Crippen LogP contribution in [0.1, 0.15) is 38.3 Å². The second kappa shape index (κ2) is 5.75. The van der Waals surface area contributed by atoms with Crippen molar-refractivity contribution < 1.29 is 9.47 Å². The molecular weight excluding hydrogens is 224 g/mol. The summed E-state index contributed by atoms with van der Waals surface area (Å²) in [6, 6.07) is 6.40. The quantitative estimate of drug-likeness (QED) is 0.715. The summed E-state index contributed by atoms with van der Waals surface area (Å²) in [5.74, 6) is 1.58. The molecular formula is C16H24O2. The summed E-state index contributed by atoms with van der Waals surface area (Å²) in [5, 5.41) is 0. The number of epoxide rings is 1. The zero-order valence-corrected chi connectivity index (χ0v) is 11.9. The predicted octanol–water partition coefficient (Wildman–Crippen LogP) is 3.75. The summed E-state index contributed by atoms with van der Waals surface area (Å²) < 4.78 is 11.2. The lowest BCUT2D eigenvalue weighted by Crippen LogP contribution is -2.10. The molecule has 0 radical (unpaired) electrons. The minimum Gasteiger partial charge on any atom is -0.494 e. The Bertz CT molecular complexity index is 400. The van der Waals surface area contributed by atoms with Crippen LogP contribution >= 0.6 is 0 Å². The highest BCUT2D eigenvalue weighted by atomic mass is 16.6. The molecule has 1 aliphatic heterocycles. The van der Waals surface area contributed by atoms with Crippen molar-refractivity contribution in [2.45, 2.75) is 52.7 Å². The van der Waals surface area contributed by atoms with Gasteiger partial charge in [0.15, 0.2) is 0 Å². The molecule has 0 aliphatic carbocycles. The van der Waals surface area contributed by atoms with Crippen molar-refractivity contribution in [3.05, 3.63) is 29.3 Å². The number of rotatable bonds is 6. The fourth-order valence-corrected chi connectivity index (χ4v) is 2.60. The summed E-state index contributed by atoms with van der Waals surface area (Å²) in [6.07, 6.45) is 3.21. The van der Waals surface area contributed by atoms with E-state index in [4.69, 9.17) is 9.47 Å². The fraction of sp³-hybridized carbons (Fsp3) is 0.625. The highest BCUT2D eigenvalue weighted by molar-refractivity contribution is 5.35. The molecule has 18 heavy (non-hydrogen) atoms. The minimum absolute atomic E-state index is 0.473. The largest absolute Gasteiger partial charge is 0.494 e. The Morgan fingerprint density at radius 3 is 2.67 bits per heavy atom. The Kier molecular flexibility index (Phi) is 4.28. The van der Waals surface area contributed by atoms with E-state index < -0.39 is 0 Å². The van der Waals surface area contributed by atoms with Gasteiger partial charge in [0.1, 0.15) is 5.75 Å². The van der Waals surface area contributed by atoms with Gasteiger partial charge in [-0.2, -0.15) is 0 Å². The van der Waals surface area contributed by atoms with Gasteiger partial charge < -0.3 is 9.47 Å². The Balaban J connectivity index is 1.97. The molecule has 0 bridgehead atoms. The van der Waals surface area contributed by atoms with E-state index in [2.05, 4.69) is 39.0 Å². The number of aryl methyl sites for hydroxylation is 1. The van der Waals surface area contributed by atoms with Crippen molar-refractivity contribution in [2.24, 2.45) is 5.92 Å². The smallest absolute Gasteiger partial charge is 0.119 e. The van der Waals surface area contributed by atoms with Gasteiger partial charge in [-0.3, -0.25) is 0 Å². The Labute approximate surface area is 110 Å². The topological polar surface area (TPSA) is 21.8 Å². The molecule has 3 unspecified atom stereocenters. The molecule has 0 amide bonds. The van der Waals surface area contributed by atoms with Crippen LogP contribution in [0.25, 0.3) is 0 Å². The van der Waals surface area contributed by atoms with E-state index >= 15 is 0 Å². The van der Waals surface area contributed by atoms with E-state index in [0.29, 0.717) is 18.1 Å². The number of hydrogen-bond donors (Lipinski definition) is 0. The van der Waals surface area contributed by atoms with E-state index in [-0.39, 0.29) is 0 Å². The van der Waals surface area contributed by atoms with E-state index in [1.54, 1.807) is 0 Å². The van der Waals surface area contributed by atoms with Crippen LogP contribution in [-0.2, 0) is 11.2 Å². The first-order valence-corrected chi connectivity index (χ1v) is 7.03. The molecule has 2 heteroatoms. The third kappa shape index (κ3) is 3.05. The molecule has 1 heterocycles. The van der Waals surface area contributed by atoms with Gasteiger partial charge in [-0.05, 0) is 55.9 Å². The second-order valence-corrected chi connectivity index (χ2v) is 5.25. The van der Waals surface area contributed by atoms with Gasteiger partial charge in [0, 0.05) is 0 Å². The molecule has 2 rings (SSSR count). The Morgan fingerprint density at radius 1 is 1.33 bits per heavy atom. The van der Waals surface area contributed by atoms with Gasteiger partial charge in [-0.25, -0.2) is 0 Å². The summed E-state index contributed by atoms with van der Waals surface area (Å²) >= 11 is 0. The average molecular weight is 248 g/mol. The van der Waals surface area contributed by atoms with Crippen molar-refractivity contribution in [3.63, 3.8) is 0 Å². The molecule has 1 saturated heterocycles. The molecule has 100 valence electrons. The fourth-order valence-electron chi connectivity index (χ4n) is 2.60. The lowest BCUT2D eigenvalue weighted by molar-refractivity contribution is 0.322. The van der Waals surface area contributed by atoms with Crippen molar-refractivity contribution in [3.8, 4) is 5.75 Å². The van der Waals surface area contributed by atoms with E-state index in [1.807, 2.05) is 6.92 Å². The van der Waals surface area contributed by atoms with Crippen LogP contribution < -0.4 is 4.74 Å². The molecule has 0 N–H and O–H groups in total. The van der Waals surface area contributed by atoms with Gasteiger partial charge in [0.2, 0.25) is 0 Å². The molecule has 0 spiro atoms. The van der Waals surface area contributed by atoms with Gasteiger partial charge in [0.25, 0.3) is 0 Å². The van der Waals surface area contributed by atoms with Crippen LogP contribution in [0.15, 0.2) is 18.2 Å². The highest BCUT2D eigenvalue weighted by Crippen LogP contribution is 2.34. The first-order chi connectivity index (χ1) is 8.65. The van der Waals surface area contributed by atoms with Crippen LogP contribution in [-0.4, -0.2) is 18.8 Å². The van der Waals surface area contributed by atoms with Crippen LogP contribution in [0.4, 0.5) is 0 Å². The summed E-state index contributed by atoms with van der Waals surface area (Å²) in [4.78, 5) is 0. The summed E-state index contributed by atoms with van der Waals surface area (Å²) in [6.45, 7) is 9.38. The van der Waals surface area contributed by atoms with Gasteiger partial charge in [-0.15, -0.1) is 0 Å². The molecule has 1 aliphatic rings. The normalized spacial score (nSPS) is 23.8. The summed E-state index contributed by atoms with van der Waals surface area (Å²) in [5.41, 5.74) is 2.73. The zero-order chi connectivity index (χ0) is 13.1. The summed E-state index contributed by atoms with van der Waals surface area (Å²) in [7, 11) is 0. The van der Waals surface area contributed by atoms with Crippen molar-refractivity contribution in [2.75, 3.05) is 6.61 Å². The third-order valence-corrected chi connectivity index (χ3v) is 3.75. The minimum atomic E-state index is 0.473. The lowest BCUT2D eigenvalue weighted by atomic mass is 9.93. The first kappa shape index (κ1) is 13.4. The van der Waals surface area contributed by atoms with Crippen LogP contribution in [0.5, 0.6) is 5.75 Å². The third-order valence-electron chi connectivity index (χ3n) is 3.75. The van der Waals surface area contributed by atoms with Gasteiger partial charge in [-0.1, -0.05) is 19.9 Å². The van der Waals surface area contributed by atoms with Crippen molar-refractivity contribution in [1.29, 1.82) is 0 Å². The highest BCUT2D eigenvalue weighted by Gasteiger charge is 2.41. The average Bonchev–Trinajstić information content (AvgIpc) is 3.12. The molecule has 1 aromatic rings. The molecule has 2 nitrogen and oxygen atoms in total. The lowest BCUT2D eigenvalue weighted by Gasteiger charge is -2.12. The van der Waals surface area contributed by atoms with Crippen molar-refractivity contribution in [1.82, 2.24) is 0 Å². The monoisotopic (exact) mass is 248 g/mol. The van der Waals surface area contributed by atoms with Crippen molar-refractivity contribution >= 4 is 0 Å².